The quantitative estimate of drug-likeness (QED) is 0.381. The Hall–Kier alpha value is -1.83. The highest BCUT2D eigenvalue weighted by Gasteiger charge is 2.22. The largest absolute Gasteiger partial charge is 0.359 e. The molecule has 1 aliphatic rings. The summed E-state index contributed by atoms with van der Waals surface area (Å²) in [4.78, 5) is 18.3. The van der Waals surface area contributed by atoms with E-state index in [2.05, 4.69) is 63.0 Å². The molecule has 0 aliphatic carbocycles. The van der Waals surface area contributed by atoms with Gasteiger partial charge in [0.15, 0.2) is 5.96 Å². The number of fused-ring (bicyclic) bond motifs is 1. The number of piperidine rings is 1. The lowest BCUT2D eigenvalue weighted by Gasteiger charge is -2.34. The van der Waals surface area contributed by atoms with Crippen LogP contribution in [0.3, 0.4) is 0 Å². The van der Waals surface area contributed by atoms with Gasteiger partial charge in [0.2, 0.25) is 5.91 Å². The number of halogens is 1. The highest BCUT2D eigenvalue weighted by Crippen LogP contribution is 2.20. The van der Waals surface area contributed by atoms with Gasteiger partial charge in [0.05, 0.1) is 0 Å². The summed E-state index contributed by atoms with van der Waals surface area (Å²) < 4.78 is 0. The monoisotopic (exact) mass is 494 g/mol. The number of hydrogen-bond donors (Lipinski definition) is 2. The molecule has 6 heteroatoms. The van der Waals surface area contributed by atoms with Crippen molar-refractivity contribution in [1.29, 1.82) is 0 Å². The highest BCUT2D eigenvalue weighted by atomic mass is 127. The molecule has 2 aromatic carbocycles. The third kappa shape index (κ3) is 6.09. The molecule has 1 saturated heterocycles. The van der Waals surface area contributed by atoms with Crippen molar-refractivity contribution < 1.29 is 4.79 Å². The minimum atomic E-state index is 0. The number of nitrogens with zero attached hydrogens (tertiary/aromatic N) is 2. The first-order valence-electron chi connectivity index (χ1n) is 9.83. The molecule has 2 aromatic rings. The maximum atomic E-state index is 11.5. The summed E-state index contributed by atoms with van der Waals surface area (Å²) in [6.45, 7) is 2.78. The minimum Gasteiger partial charge on any atom is -0.359 e. The standard InChI is InChI=1S/C22H30N4O.HI/c1-23-21(27)16-18-10-13-26(14-11-18)22(24-2)25-12-9-17-7-8-19-5-3-4-6-20(19)15-17;/h3-8,15,18H,9-14,16H2,1-2H3,(H,23,27)(H,24,25);1H. The van der Waals surface area contributed by atoms with Crippen molar-refractivity contribution >= 4 is 46.6 Å². The summed E-state index contributed by atoms with van der Waals surface area (Å²) in [5.74, 6) is 1.59. The maximum absolute atomic E-state index is 11.5. The summed E-state index contributed by atoms with van der Waals surface area (Å²) in [6, 6.07) is 15.1. The second-order valence-corrected chi connectivity index (χ2v) is 7.21. The van der Waals surface area contributed by atoms with Crippen LogP contribution in [0.1, 0.15) is 24.8 Å². The molecule has 0 bridgehead atoms. The number of carbonyl (C=O) groups is 1. The lowest BCUT2D eigenvalue weighted by atomic mass is 9.93. The number of amides is 1. The first kappa shape index (κ1) is 22.5. The van der Waals surface area contributed by atoms with E-state index in [4.69, 9.17) is 0 Å². The number of benzene rings is 2. The van der Waals surface area contributed by atoms with Crippen molar-refractivity contribution in [3.8, 4) is 0 Å². The summed E-state index contributed by atoms with van der Waals surface area (Å²) in [7, 11) is 3.55. The van der Waals surface area contributed by atoms with Gasteiger partial charge in [-0.2, -0.15) is 0 Å². The van der Waals surface area contributed by atoms with Gasteiger partial charge in [-0.05, 0) is 41.5 Å². The van der Waals surface area contributed by atoms with Gasteiger partial charge in [0, 0.05) is 40.2 Å². The Morgan fingerprint density at radius 1 is 1.14 bits per heavy atom. The molecule has 0 radical (unpaired) electrons. The molecule has 2 N–H and O–H groups in total. The van der Waals surface area contributed by atoms with Crippen molar-refractivity contribution in [1.82, 2.24) is 15.5 Å². The van der Waals surface area contributed by atoms with Crippen LogP contribution < -0.4 is 10.6 Å². The molecule has 0 atom stereocenters. The Balaban J connectivity index is 0.00000280. The Kier molecular flexibility index (Phi) is 9.02. The topological polar surface area (TPSA) is 56.7 Å². The average molecular weight is 494 g/mol. The Bertz CT molecular complexity index is 800. The molecule has 1 aliphatic heterocycles. The number of rotatable bonds is 5. The minimum absolute atomic E-state index is 0. The van der Waals surface area contributed by atoms with Gasteiger partial charge in [0.25, 0.3) is 0 Å². The molecule has 1 heterocycles. The zero-order valence-electron chi connectivity index (χ0n) is 16.8. The third-order valence-electron chi connectivity index (χ3n) is 5.39. The maximum Gasteiger partial charge on any atom is 0.220 e. The van der Waals surface area contributed by atoms with E-state index in [9.17, 15) is 4.79 Å². The molecule has 1 amide bonds. The molecule has 1 fully saturated rings. The zero-order chi connectivity index (χ0) is 19.1. The molecule has 0 unspecified atom stereocenters. The van der Waals surface area contributed by atoms with Crippen molar-refractivity contribution in [3.63, 3.8) is 0 Å². The van der Waals surface area contributed by atoms with E-state index in [1.807, 2.05) is 7.05 Å². The van der Waals surface area contributed by atoms with Gasteiger partial charge < -0.3 is 15.5 Å². The second-order valence-electron chi connectivity index (χ2n) is 7.21. The summed E-state index contributed by atoms with van der Waals surface area (Å²) in [5, 5.41) is 8.79. The molecule has 0 saturated carbocycles. The number of hydrogen-bond acceptors (Lipinski definition) is 2. The van der Waals surface area contributed by atoms with Crippen molar-refractivity contribution in [2.75, 3.05) is 33.7 Å². The Labute approximate surface area is 185 Å². The van der Waals surface area contributed by atoms with Crippen LogP contribution in [0.5, 0.6) is 0 Å². The van der Waals surface area contributed by atoms with Gasteiger partial charge in [-0.25, -0.2) is 0 Å². The Morgan fingerprint density at radius 3 is 2.54 bits per heavy atom. The van der Waals surface area contributed by atoms with E-state index < -0.39 is 0 Å². The smallest absolute Gasteiger partial charge is 0.220 e. The predicted molar refractivity (Wildman–Crippen MR) is 127 cm³/mol. The van der Waals surface area contributed by atoms with Crippen molar-refractivity contribution in [2.45, 2.75) is 25.7 Å². The lowest BCUT2D eigenvalue weighted by Crippen LogP contribution is -2.46. The summed E-state index contributed by atoms with van der Waals surface area (Å²) in [5.41, 5.74) is 1.33. The van der Waals surface area contributed by atoms with Crippen LogP contribution in [0.25, 0.3) is 10.8 Å². The van der Waals surface area contributed by atoms with Crippen LogP contribution >= 0.6 is 24.0 Å². The van der Waals surface area contributed by atoms with Gasteiger partial charge >= 0.3 is 0 Å². The van der Waals surface area contributed by atoms with Gasteiger partial charge in [-0.15, -0.1) is 24.0 Å². The highest BCUT2D eigenvalue weighted by molar-refractivity contribution is 14.0. The van der Waals surface area contributed by atoms with Crippen LogP contribution in [0.4, 0.5) is 0 Å². The van der Waals surface area contributed by atoms with Crippen molar-refractivity contribution in [3.05, 3.63) is 48.0 Å². The molecule has 152 valence electrons. The van der Waals surface area contributed by atoms with E-state index in [0.717, 1.165) is 44.9 Å². The fraction of sp³-hybridized carbons (Fsp3) is 0.455. The van der Waals surface area contributed by atoms with E-state index in [1.54, 1.807) is 7.05 Å². The molecular formula is C22H31IN4O. The van der Waals surface area contributed by atoms with E-state index in [-0.39, 0.29) is 29.9 Å². The van der Waals surface area contributed by atoms with Crippen LogP contribution in [0, 0.1) is 5.92 Å². The number of aliphatic imine (C=N–C) groups is 1. The Morgan fingerprint density at radius 2 is 1.86 bits per heavy atom. The van der Waals surface area contributed by atoms with Gasteiger partial charge in [-0.3, -0.25) is 9.79 Å². The van der Waals surface area contributed by atoms with Crippen LogP contribution in [-0.2, 0) is 11.2 Å². The first-order chi connectivity index (χ1) is 13.2. The number of likely N-dealkylation sites (tertiary alicyclic amines) is 1. The lowest BCUT2D eigenvalue weighted by molar-refractivity contribution is -0.121. The predicted octanol–water partition coefficient (Wildman–Crippen LogP) is 3.42. The fourth-order valence-corrected chi connectivity index (χ4v) is 3.76. The molecule has 0 spiro atoms. The fourth-order valence-electron chi connectivity index (χ4n) is 3.76. The number of nitrogens with one attached hydrogen (secondary N) is 2. The molecule has 0 aromatic heterocycles. The van der Waals surface area contributed by atoms with E-state index in [0.29, 0.717) is 12.3 Å². The number of carbonyl (C=O) groups excluding carboxylic acids is 1. The van der Waals surface area contributed by atoms with Crippen LogP contribution in [0.2, 0.25) is 0 Å². The van der Waals surface area contributed by atoms with E-state index in [1.165, 1.54) is 16.3 Å². The number of guanidine groups is 1. The zero-order valence-corrected chi connectivity index (χ0v) is 19.1. The average Bonchev–Trinajstić information content (AvgIpc) is 2.72. The van der Waals surface area contributed by atoms with E-state index >= 15 is 0 Å². The normalized spacial score (nSPS) is 15.2. The first-order valence-corrected chi connectivity index (χ1v) is 9.83. The molecular weight excluding hydrogens is 463 g/mol. The molecule has 28 heavy (non-hydrogen) atoms. The second kappa shape index (κ2) is 11.2. The molecule has 5 nitrogen and oxygen atoms in total. The van der Waals surface area contributed by atoms with Crippen LogP contribution in [0.15, 0.2) is 47.5 Å². The molecule has 3 rings (SSSR count). The van der Waals surface area contributed by atoms with Gasteiger partial charge in [0.1, 0.15) is 0 Å². The van der Waals surface area contributed by atoms with Crippen LogP contribution in [-0.4, -0.2) is 50.5 Å². The third-order valence-corrected chi connectivity index (χ3v) is 5.39. The summed E-state index contributed by atoms with van der Waals surface area (Å²) >= 11 is 0. The van der Waals surface area contributed by atoms with Crippen molar-refractivity contribution in [2.24, 2.45) is 10.9 Å². The van der Waals surface area contributed by atoms with Gasteiger partial charge in [-0.1, -0.05) is 42.5 Å². The summed E-state index contributed by atoms with van der Waals surface area (Å²) in [6.07, 6.45) is 3.69. The SMILES string of the molecule is CN=C(NCCc1ccc2ccccc2c1)N1CCC(CC(=O)NC)CC1.I.